The van der Waals surface area contributed by atoms with Crippen LogP contribution in [0.1, 0.15) is 10.4 Å². The third-order valence-corrected chi connectivity index (χ3v) is 3.89. The molecule has 128 valence electrons. The second-order valence-electron chi connectivity index (χ2n) is 5.11. The van der Waals surface area contributed by atoms with Crippen LogP contribution in [-0.4, -0.2) is 40.2 Å². The molecule has 0 spiro atoms. The number of tetrazole rings is 1. The molecule has 0 bridgehead atoms. The van der Waals surface area contributed by atoms with Gasteiger partial charge in [0.05, 0.1) is 24.8 Å². The minimum atomic E-state index is -0.223. The SMILES string of the molecule is COc1ccc(OC)c(C(=O)Cn2nnc(-c3ccccc3Cl)n2)c1. The Morgan fingerprint density at radius 1 is 1.16 bits per heavy atom. The van der Waals surface area contributed by atoms with Gasteiger partial charge in [-0.2, -0.15) is 4.80 Å². The molecule has 0 N–H and O–H groups in total. The van der Waals surface area contributed by atoms with Gasteiger partial charge in [0.15, 0.2) is 5.78 Å². The van der Waals surface area contributed by atoms with Crippen LogP contribution in [0.25, 0.3) is 11.4 Å². The van der Waals surface area contributed by atoms with Crippen molar-refractivity contribution in [2.45, 2.75) is 6.54 Å². The van der Waals surface area contributed by atoms with Gasteiger partial charge in [-0.1, -0.05) is 23.7 Å². The Kier molecular flexibility index (Phi) is 4.95. The van der Waals surface area contributed by atoms with Crippen LogP contribution in [-0.2, 0) is 6.54 Å². The van der Waals surface area contributed by atoms with E-state index in [9.17, 15) is 4.79 Å². The number of benzene rings is 2. The number of nitrogens with zero attached hydrogens (tertiary/aromatic N) is 4. The van der Waals surface area contributed by atoms with Crippen molar-refractivity contribution in [2.75, 3.05) is 14.2 Å². The lowest BCUT2D eigenvalue weighted by Gasteiger charge is -2.09. The summed E-state index contributed by atoms with van der Waals surface area (Å²) in [5.41, 5.74) is 1.04. The highest BCUT2D eigenvalue weighted by Crippen LogP contribution is 2.25. The van der Waals surface area contributed by atoms with Crippen LogP contribution in [0.2, 0.25) is 5.02 Å². The third-order valence-electron chi connectivity index (χ3n) is 3.56. The van der Waals surface area contributed by atoms with E-state index in [1.807, 2.05) is 12.1 Å². The van der Waals surface area contributed by atoms with Crippen molar-refractivity contribution in [1.82, 2.24) is 20.2 Å². The quantitative estimate of drug-likeness (QED) is 0.630. The molecule has 25 heavy (non-hydrogen) atoms. The summed E-state index contributed by atoms with van der Waals surface area (Å²) in [6.07, 6.45) is 0. The lowest BCUT2D eigenvalue weighted by Crippen LogP contribution is -2.14. The van der Waals surface area contributed by atoms with Gasteiger partial charge in [-0.3, -0.25) is 4.79 Å². The molecule has 2 aromatic carbocycles. The molecule has 0 fully saturated rings. The molecule has 3 aromatic rings. The van der Waals surface area contributed by atoms with Gasteiger partial charge >= 0.3 is 0 Å². The molecule has 0 atom stereocenters. The first-order valence-corrected chi connectivity index (χ1v) is 7.78. The zero-order valence-corrected chi connectivity index (χ0v) is 14.4. The molecule has 1 heterocycles. The van der Waals surface area contributed by atoms with Crippen molar-refractivity contribution in [3.8, 4) is 22.9 Å². The summed E-state index contributed by atoms with van der Waals surface area (Å²) in [5.74, 6) is 1.15. The van der Waals surface area contributed by atoms with E-state index in [1.165, 1.54) is 19.0 Å². The van der Waals surface area contributed by atoms with E-state index in [0.29, 0.717) is 33.5 Å². The molecule has 8 heteroatoms. The number of carbonyl (C=O) groups is 1. The summed E-state index contributed by atoms with van der Waals surface area (Å²) >= 11 is 6.13. The summed E-state index contributed by atoms with van der Waals surface area (Å²) in [6, 6.07) is 12.2. The molecule has 0 unspecified atom stereocenters. The Bertz CT molecular complexity index is 910. The van der Waals surface area contributed by atoms with Crippen molar-refractivity contribution < 1.29 is 14.3 Å². The predicted molar refractivity (Wildman–Crippen MR) is 92.1 cm³/mol. The molecule has 0 aliphatic heterocycles. The van der Waals surface area contributed by atoms with Gasteiger partial charge in [0.2, 0.25) is 5.82 Å². The Balaban J connectivity index is 1.84. The predicted octanol–water partition coefficient (Wildman–Crippen LogP) is 2.89. The average Bonchev–Trinajstić information content (AvgIpc) is 3.09. The maximum atomic E-state index is 12.6. The van der Waals surface area contributed by atoms with Crippen molar-refractivity contribution in [1.29, 1.82) is 0 Å². The molecule has 0 saturated carbocycles. The number of halogens is 1. The second kappa shape index (κ2) is 7.31. The van der Waals surface area contributed by atoms with Gasteiger partial charge in [0.25, 0.3) is 0 Å². The lowest BCUT2D eigenvalue weighted by molar-refractivity contribution is 0.0958. The largest absolute Gasteiger partial charge is 0.497 e. The number of ether oxygens (including phenoxy) is 2. The zero-order chi connectivity index (χ0) is 17.8. The summed E-state index contributed by atoms with van der Waals surface area (Å²) in [4.78, 5) is 13.8. The lowest BCUT2D eigenvalue weighted by atomic mass is 10.1. The average molecular weight is 359 g/mol. The fourth-order valence-corrected chi connectivity index (χ4v) is 2.53. The van der Waals surface area contributed by atoms with Crippen LogP contribution < -0.4 is 9.47 Å². The fraction of sp³-hybridized carbons (Fsp3) is 0.176. The van der Waals surface area contributed by atoms with Crippen LogP contribution in [0.4, 0.5) is 0 Å². The topological polar surface area (TPSA) is 79.1 Å². The van der Waals surface area contributed by atoms with Crippen molar-refractivity contribution in [2.24, 2.45) is 0 Å². The van der Waals surface area contributed by atoms with Gasteiger partial charge < -0.3 is 9.47 Å². The zero-order valence-electron chi connectivity index (χ0n) is 13.6. The molecule has 3 rings (SSSR count). The van der Waals surface area contributed by atoms with Gasteiger partial charge in [-0.15, -0.1) is 10.2 Å². The normalized spacial score (nSPS) is 10.5. The number of ketones is 1. The number of carbonyl (C=O) groups excluding carboxylic acids is 1. The molecular weight excluding hydrogens is 344 g/mol. The van der Waals surface area contributed by atoms with E-state index in [-0.39, 0.29) is 12.3 Å². The highest BCUT2D eigenvalue weighted by molar-refractivity contribution is 6.33. The summed E-state index contributed by atoms with van der Waals surface area (Å²) < 4.78 is 10.4. The number of methoxy groups -OCH3 is 2. The molecule has 0 aliphatic rings. The molecule has 1 aromatic heterocycles. The number of hydrogen-bond acceptors (Lipinski definition) is 6. The fourth-order valence-electron chi connectivity index (χ4n) is 2.31. The molecule has 0 aliphatic carbocycles. The van der Waals surface area contributed by atoms with Crippen LogP contribution in [0, 0.1) is 0 Å². The third kappa shape index (κ3) is 3.61. The first-order valence-electron chi connectivity index (χ1n) is 7.40. The molecule has 0 saturated heterocycles. The van der Waals surface area contributed by atoms with Crippen LogP contribution in [0.3, 0.4) is 0 Å². The Hall–Kier alpha value is -2.93. The maximum Gasteiger partial charge on any atom is 0.206 e. The van der Waals surface area contributed by atoms with E-state index in [1.54, 1.807) is 30.3 Å². The van der Waals surface area contributed by atoms with E-state index >= 15 is 0 Å². The molecule has 7 nitrogen and oxygen atoms in total. The summed E-state index contributed by atoms with van der Waals surface area (Å²) in [7, 11) is 3.03. The Labute approximate surface area is 149 Å². The number of hydrogen-bond donors (Lipinski definition) is 0. The number of rotatable bonds is 6. The van der Waals surface area contributed by atoms with E-state index in [4.69, 9.17) is 21.1 Å². The minimum absolute atomic E-state index is 0.0824. The van der Waals surface area contributed by atoms with Crippen molar-refractivity contribution in [3.63, 3.8) is 0 Å². The number of aromatic nitrogens is 4. The van der Waals surface area contributed by atoms with Gasteiger partial charge in [0.1, 0.15) is 18.0 Å². The van der Waals surface area contributed by atoms with Crippen molar-refractivity contribution in [3.05, 3.63) is 53.1 Å². The van der Waals surface area contributed by atoms with Gasteiger partial charge in [0, 0.05) is 5.56 Å². The van der Waals surface area contributed by atoms with E-state index in [0.717, 1.165) is 0 Å². The highest BCUT2D eigenvalue weighted by atomic mass is 35.5. The molecule has 0 amide bonds. The number of Topliss-reactive ketones (excluding diaryl/α,β-unsaturated/α-hetero) is 1. The van der Waals surface area contributed by atoms with E-state index < -0.39 is 0 Å². The smallest absolute Gasteiger partial charge is 0.206 e. The first kappa shape index (κ1) is 16.9. The van der Waals surface area contributed by atoms with Gasteiger partial charge in [-0.05, 0) is 35.5 Å². The standard InChI is InChI=1S/C17H15ClN4O3/c1-24-11-7-8-16(25-2)13(9-11)15(23)10-22-20-17(19-21-22)12-5-3-4-6-14(12)18/h3-9H,10H2,1-2H3. The maximum absolute atomic E-state index is 12.6. The second-order valence-corrected chi connectivity index (χ2v) is 5.52. The Morgan fingerprint density at radius 3 is 2.68 bits per heavy atom. The van der Waals surface area contributed by atoms with Crippen LogP contribution >= 0.6 is 11.6 Å². The summed E-state index contributed by atoms with van der Waals surface area (Å²) in [5, 5.41) is 12.6. The first-order chi connectivity index (χ1) is 12.1. The van der Waals surface area contributed by atoms with Crippen LogP contribution in [0.5, 0.6) is 11.5 Å². The van der Waals surface area contributed by atoms with Gasteiger partial charge in [-0.25, -0.2) is 0 Å². The minimum Gasteiger partial charge on any atom is -0.497 e. The highest BCUT2D eigenvalue weighted by Gasteiger charge is 2.17. The molecule has 0 radical (unpaired) electrons. The van der Waals surface area contributed by atoms with Crippen molar-refractivity contribution >= 4 is 17.4 Å². The van der Waals surface area contributed by atoms with E-state index in [2.05, 4.69) is 15.4 Å². The Morgan fingerprint density at radius 2 is 1.96 bits per heavy atom. The summed E-state index contributed by atoms with van der Waals surface area (Å²) in [6.45, 7) is -0.0824. The monoisotopic (exact) mass is 358 g/mol. The van der Waals surface area contributed by atoms with Crippen LogP contribution in [0.15, 0.2) is 42.5 Å². The molecular formula is C17H15ClN4O3.